The van der Waals surface area contributed by atoms with Gasteiger partial charge in [-0.15, -0.1) is 0 Å². The quantitative estimate of drug-likeness (QED) is 0.755. The molecule has 1 amide bonds. The SMILES string of the molecule is Cc1nc(NCCN2CCOCC2)cc(C(=O)NC2CCCCCC2)n1. The van der Waals surface area contributed by atoms with Crippen molar-refractivity contribution in [3.8, 4) is 0 Å². The lowest BCUT2D eigenvalue weighted by atomic mass is 10.1. The molecule has 0 atom stereocenters. The van der Waals surface area contributed by atoms with Gasteiger partial charge in [-0.25, -0.2) is 9.97 Å². The maximum Gasteiger partial charge on any atom is 0.270 e. The van der Waals surface area contributed by atoms with E-state index < -0.39 is 0 Å². The van der Waals surface area contributed by atoms with E-state index in [0.717, 1.165) is 58.1 Å². The molecular formula is C19H31N5O2. The Kier molecular flexibility index (Phi) is 7.20. The molecule has 0 aromatic carbocycles. The number of aryl methyl sites for hydroxylation is 1. The summed E-state index contributed by atoms with van der Waals surface area (Å²) in [4.78, 5) is 23.7. The second-order valence-corrected chi connectivity index (χ2v) is 7.23. The first-order valence-corrected chi connectivity index (χ1v) is 9.91. The molecule has 1 aliphatic heterocycles. The molecule has 2 fully saturated rings. The number of carbonyl (C=O) groups is 1. The van der Waals surface area contributed by atoms with Gasteiger partial charge in [0, 0.05) is 38.3 Å². The van der Waals surface area contributed by atoms with Crippen LogP contribution in [-0.4, -0.2) is 66.2 Å². The van der Waals surface area contributed by atoms with Crippen LogP contribution in [0.1, 0.15) is 54.8 Å². The standard InChI is InChI=1S/C19H31N5O2/c1-15-21-17(19(25)23-16-6-4-2-3-5-7-16)14-18(22-15)20-8-9-24-10-12-26-13-11-24/h14,16H,2-13H2,1H3,(H,23,25)(H,20,21,22). The fourth-order valence-electron chi connectivity index (χ4n) is 3.62. The van der Waals surface area contributed by atoms with Gasteiger partial charge in [-0.3, -0.25) is 9.69 Å². The summed E-state index contributed by atoms with van der Waals surface area (Å²) in [6, 6.07) is 2.04. The molecule has 7 heteroatoms. The van der Waals surface area contributed by atoms with Gasteiger partial charge in [0.25, 0.3) is 5.91 Å². The Balaban J connectivity index is 1.53. The van der Waals surface area contributed by atoms with E-state index in [2.05, 4.69) is 25.5 Å². The van der Waals surface area contributed by atoms with Gasteiger partial charge in [-0.2, -0.15) is 0 Å². The number of amides is 1. The Labute approximate surface area is 155 Å². The molecule has 1 saturated heterocycles. The highest BCUT2D eigenvalue weighted by Gasteiger charge is 2.17. The molecule has 0 unspecified atom stereocenters. The van der Waals surface area contributed by atoms with Crippen molar-refractivity contribution in [2.45, 2.75) is 51.5 Å². The molecular weight excluding hydrogens is 330 g/mol. The highest BCUT2D eigenvalue weighted by atomic mass is 16.5. The third-order valence-corrected chi connectivity index (χ3v) is 5.10. The normalized spacial score (nSPS) is 19.7. The van der Waals surface area contributed by atoms with E-state index in [0.29, 0.717) is 11.5 Å². The van der Waals surface area contributed by atoms with E-state index in [1.54, 1.807) is 6.07 Å². The Morgan fingerprint density at radius 2 is 1.92 bits per heavy atom. The Morgan fingerprint density at radius 1 is 1.19 bits per heavy atom. The van der Waals surface area contributed by atoms with Crippen LogP contribution in [0.4, 0.5) is 5.82 Å². The average molecular weight is 361 g/mol. The number of nitrogens with zero attached hydrogens (tertiary/aromatic N) is 3. The van der Waals surface area contributed by atoms with Gasteiger partial charge in [-0.05, 0) is 19.8 Å². The predicted octanol–water partition coefficient (Wildman–Crippen LogP) is 1.98. The fourth-order valence-corrected chi connectivity index (χ4v) is 3.62. The Bertz CT molecular complexity index is 581. The van der Waals surface area contributed by atoms with Crippen LogP contribution in [0.25, 0.3) is 0 Å². The number of morpholine rings is 1. The van der Waals surface area contributed by atoms with E-state index in [-0.39, 0.29) is 11.9 Å². The maximum atomic E-state index is 12.6. The van der Waals surface area contributed by atoms with Crippen LogP contribution in [-0.2, 0) is 4.74 Å². The lowest BCUT2D eigenvalue weighted by Gasteiger charge is -2.26. The number of ether oxygens (including phenoxy) is 1. The summed E-state index contributed by atoms with van der Waals surface area (Å²) in [5.74, 6) is 1.25. The molecule has 144 valence electrons. The molecule has 2 aliphatic rings. The summed E-state index contributed by atoms with van der Waals surface area (Å²) < 4.78 is 5.37. The van der Waals surface area contributed by atoms with Crippen molar-refractivity contribution in [3.63, 3.8) is 0 Å². The smallest absolute Gasteiger partial charge is 0.270 e. The minimum absolute atomic E-state index is 0.0846. The zero-order valence-corrected chi connectivity index (χ0v) is 15.8. The van der Waals surface area contributed by atoms with Gasteiger partial charge >= 0.3 is 0 Å². The van der Waals surface area contributed by atoms with Gasteiger partial charge in [-0.1, -0.05) is 25.7 Å². The highest BCUT2D eigenvalue weighted by Crippen LogP contribution is 2.17. The number of carbonyl (C=O) groups excluding carboxylic acids is 1. The molecule has 0 spiro atoms. The number of anilines is 1. The van der Waals surface area contributed by atoms with Gasteiger partial charge in [0.1, 0.15) is 17.3 Å². The predicted molar refractivity (Wildman–Crippen MR) is 101 cm³/mol. The first-order valence-electron chi connectivity index (χ1n) is 9.91. The third-order valence-electron chi connectivity index (χ3n) is 5.10. The number of nitrogens with one attached hydrogen (secondary N) is 2. The van der Waals surface area contributed by atoms with Crippen LogP contribution in [0.5, 0.6) is 0 Å². The fraction of sp³-hybridized carbons (Fsp3) is 0.737. The summed E-state index contributed by atoms with van der Waals surface area (Å²) in [5.41, 5.74) is 0.454. The monoisotopic (exact) mass is 361 g/mol. The van der Waals surface area contributed by atoms with Crippen LogP contribution < -0.4 is 10.6 Å². The number of hydrogen-bond donors (Lipinski definition) is 2. The van der Waals surface area contributed by atoms with Gasteiger partial charge in [0.2, 0.25) is 0 Å². The van der Waals surface area contributed by atoms with Crippen molar-refractivity contribution >= 4 is 11.7 Å². The first kappa shape index (κ1) is 19.0. The summed E-state index contributed by atoms with van der Waals surface area (Å²) >= 11 is 0. The van der Waals surface area contributed by atoms with Crippen molar-refractivity contribution in [2.24, 2.45) is 0 Å². The Hall–Kier alpha value is -1.73. The molecule has 0 bridgehead atoms. The molecule has 26 heavy (non-hydrogen) atoms. The molecule has 1 aromatic heterocycles. The first-order chi connectivity index (χ1) is 12.7. The number of aromatic nitrogens is 2. The van der Waals surface area contributed by atoms with Crippen LogP contribution in [0.15, 0.2) is 6.07 Å². The maximum absolute atomic E-state index is 12.6. The van der Waals surface area contributed by atoms with E-state index in [1.165, 1.54) is 25.7 Å². The lowest BCUT2D eigenvalue weighted by molar-refractivity contribution is 0.0398. The molecule has 1 aromatic rings. The topological polar surface area (TPSA) is 79.4 Å². The summed E-state index contributed by atoms with van der Waals surface area (Å²) in [6.07, 6.45) is 7.08. The van der Waals surface area contributed by atoms with E-state index in [1.807, 2.05) is 6.92 Å². The van der Waals surface area contributed by atoms with Crippen LogP contribution >= 0.6 is 0 Å². The molecule has 7 nitrogen and oxygen atoms in total. The molecule has 2 N–H and O–H groups in total. The zero-order chi connectivity index (χ0) is 18.2. The van der Waals surface area contributed by atoms with Gasteiger partial charge < -0.3 is 15.4 Å². The average Bonchev–Trinajstić information content (AvgIpc) is 2.91. The molecule has 1 aliphatic carbocycles. The van der Waals surface area contributed by atoms with Crippen LogP contribution in [0.3, 0.4) is 0 Å². The van der Waals surface area contributed by atoms with E-state index in [9.17, 15) is 4.79 Å². The molecule has 1 saturated carbocycles. The minimum atomic E-state index is -0.0846. The van der Waals surface area contributed by atoms with Gasteiger partial charge in [0.15, 0.2) is 0 Å². The van der Waals surface area contributed by atoms with E-state index in [4.69, 9.17) is 4.74 Å². The van der Waals surface area contributed by atoms with Crippen LogP contribution in [0.2, 0.25) is 0 Å². The van der Waals surface area contributed by atoms with Crippen molar-refractivity contribution < 1.29 is 9.53 Å². The Morgan fingerprint density at radius 3 is 2.65 bits per heavy atom. The van der Waals surface area contributed by atoms with E-state index >= 15 is 0 Å². The second kappa shape index (κ2) is 9.83. The number of rotatable bonds is 6. The van der Waals surface area contributed by atoms with Gasteiger partial charge in [0.05, 0.1) is 13.2 Å². The van der Waals surface area contributed by atoms with Crippen molar-refractivity contribution in [3.05, 3.63) is 17.6 Å². The zero-order valence-electron chi connectivity index (χ0n) is 15.8. The highest BCUT2D eigenvalue weighted by molar-refractivity contribution is 5.93. The van der Waals surface area contributed by atoms with Crippen molar-refractivity contribution in [2.75, 3.05) is 44.7 Å². The third kappa shape index (κ3) is 5.92. The largest absolute Gasteiger partial charge is 0.379 e. The summed E-state index contributed by atoms with van der Waals surface area (Å²) in [6.45, 7) is 7.11. The van der Waals surface area contributed by atoms with Crippen molar-refractivity contribution in [1.82, 2.24) is 20.2 Å². The summed E-state index contributed by atoms with van der Waals surface area (Å²) in [7, 11) is 0. The molecule has 2 heterocycles. The molecule has 3 rings (SSSR count). The van der Waals surface area contributed by atoms with Crippen LogP contribution in [0, 0.1) is 6.92 Å². The lowest BCUT2D eigenvalue weighted by Crippen LogP contribution is -2.39. The summed E-state index contributed by atoms with van der Waals surface area (Å²) in [5, 5.41) is 6.49. The molecule has 0 radical (unpaired) electrons. The van der Waals surface area contributed by atoms with Crippen molar-refractivity contribution in [1.29, 1.82) is 0 Å². The number of hydrogen-bond acceptors (Lipinski definition) is 6. The minimum Gasteiger partial charge on any atom is -0.379 e. The second-order valence-electron chi connectivity index (χ2n) is 7.23.